The molecule has 0 fully saturated rings. The minimum Gasteiger partial charge on any atom is -0.354 e. The summed E-state index contributed by atoms with van der Waals surface area (Å²) in [6.45, 7) is 2.83. The highest BCUT2D eigenvalue weighted by Gasteiger charge is 2.06. The Morgan fingerprint density at radius 1 is 1.18 bits per heavy atom. The molecule has 1 aromatic heterocycles. The number of amides is 1. The van der Waals surface area contributed by atoms with Crippen molar-refractivity contribution in [2.75, 3.05) is 11.9 Å². The first kappa shape index (κ1) is 16.3. The molecule has 2 N–H and O–H groups in total. The first-order valence-electron chi connectivity index (χ1n) is 7.45. The maximum atomic E-state index is 12.1. The Morgan fingerprint density at radius 2 is 2.05 bits per heavy atom. The van der Waals surface area contributed by atoms with Crippen LogP contribution in [0, 0.1) is 0 Å². The lowest BCUT2D eigenvalue weighted by molar-refractivity contribution is 0.0952. The third kappa shape index (κ3) is 5.04. The van der Waals surface area contributed by atoms with Crippen LogP contribution in [0.3, 0.4) is 0 Å². The average molecular weight is 318 g/mol. The smallest absolute Gasteiger partial charge is 0.252 e. The Kier molecular flexibility index (Phi) is 6.22. The van der Waals surface area contributed by atoms with Gasteiger partial charge in [0, 0.05) is 23.5 Å². The van der Waals surface area contributed by atoms with E-state index in [2.05, 4.69) is 22.5 Å². The number of unbranched alkanes of at least 4 members (excludes halogenated alkanes) is 2. The highest BCUT2D eigenvalue weighted by atomic mass is 35.5. The molecule has 0 saturated carbocycles. The van der Waals surface area contributed by atoms with Crippen molar-refractivity contribution >= 4 is 28.9 Å². The van der Waals surface area contributed by atoms with E-state index in [1.807, 2.05) is 24.3 Å². The van der Waals surface area contributed by atoms with Crippen LogP contribution in [-0.2, 0) is 0 Å². The zero-order valence-corrected chi connectivity index (χ0v) is 13.4. The van der Waals surface area contributed by atoms with Crippen molar-refractivity contribution < 1.29 is 4.79 Å². The first-order valence-corrected chi connectivity index (χ1v) is 7.82. The molecule has 5 heteroatoms. The number of carbonyl (C=O) groups excluding carboxylic acids is 1. The molecule has 0 aliphatic heterocycles. The third-order valence-corrected chi connectivity index (χ3v) is 3.41. The van der Waals surface area contributed by atoms with Gasteiger partial charge in [-0.15, -0.1) is 0 Å². The minimum atomic E-state index is -0.0988. The van der Waals surface area contributed by atoms with Gasteiger partial charge in [-0.25, -0.2) is 0 Å². The van der Waals surface area contributed by atoms with Crippen molar-refractivity contribution in [2.45, 2.75) is 26.2 Å². The van der Waals surface area contributed by atoms with E-state index in [1.54, 1.807) is 18.5 Å². The second-order valence-corrected chi connectivity index (χ2v) is 5.50. The van der Waals surface area contributed by atoms with Crippen molar-refractivity contribution in [3.05, 3.63) is 53.3 Å². The number of benzene rings is 1. The van der Waals surface area contributed by atoms with E-state index in [9.17, 15) is 4.79 Å². The van der Waals surface area contributed by atoms with Gasteiger partial charge in [0.25, 0.3) is 5.91 Å². The summed E-state index contributed by atoms with van der Waals surface area (Å²) in [5.41, 5.74) is 2.15. The lowest BCUT2D eigenvalue weighted by Crippen LogP contribution is -2.24. The van der Waals surface area contributed by atoms with Crippen LogP contribution in [0.2, 0.25) is 5.02 Å². The summed E-state index contributed by atoms with van der Waals surface area (Å²) < 4.78 is 0. The van der Waals surface area contributed by atoms with Crippen LogP contribution in [0.25, 0.3) is 0 Å². The Balaban J connectivity index is 1.98. The summed E-state index contributed by atoms with van der Waals surface area (Å²) in [5, 5.41) is 6.75. The van der Waals surface area contributed by atoms with E-state index in [1.165, 1.54) is 0 Å². The molecule has 0 unspecified atom stereocenters. The maximum Gasteiger partial charge on any atom is 0.252 e. The standard InChI is InChI=1S/C17H20ClN3O/c1-2-3-4-8-20-17(22)13-9-16(12-19-11-13)21-15-7-5-6-14(18)10-15/h5-7,9-12,21H,2-4,8H2,1H3,(H,20,22). The number of hydrogen-bond acceptors (Lipinski definition) is 3. The highest BCUT2D eigenvalue weighted by molar-refractivity contribution is 6.30. The molecule has 1 heterocycles. The highest BCUT2D eigenvalue weighted by Crippen LogP contribution is 2.20. The van der Waals surface area contributed by atoms with Gasteiger partial charge in [0.15, 0.2) is 0 Å². The molecule has 0 aliphatic carbocycles. The molecule has 2 aromatic rings. The lowest BCUT2D eigenvalue weighted by Gasteiger charge is -2.09. The fourth-order valence-electron chi connectivity index (χ4n) is 2.04. The molecule has 4 nitrogen and oxygen atoms in total. The number of nitrogens with zero attached hydrogens (tertiary/aromatic N) is 1. The third-order valence-electron chi connectivity index (χ3n) is 3.18. The predicted molar refractivity (Wildman–Crippen MR) is 90.8 cm³/mol. The van der Waals surface area contributed by atoms with Crippen LogP contribution >= 0.6 is 11.6 Å². The second-order valence-electron chi connectivity index (χ2n) is 5.06. The molecule has 22 heavy (non-hydrogen) atoms. The Morgan fingerprint density at radius 3 is 2.82 bits per heavy atom. The number of nitrogens with one attached hydrogen (secondary N) is 2. The van der Waals surface area contributed by atoms with E-state index in [0.717, 1.165) is 30.6 Å². The molecule has 0 bridgehead atoms. The molecule has 0 saturated heterocycles. The first-order chi connectivity index (χ1) is 10.7. The number of rotatable bonds is 7. The van der Waals surface area contributed by atoms with Crippen molar-refractivity contribution in [1.29, 1.82) is 0 Å². The van der Waals surface area contributed by atoms with Gasteiger partial charge in [-0.1, -0.05) is 37.4 Å². The number of pyridine rings is 1. The summed E-state index contributed by atoms with van der Waals surface area (Å²) in [6, 6.07) is 9.18. The summed E-state index contributed by atoms with van der Waals surface area (Å²) >= 11 is 5.96. The molecule has 0 radical (unpaired) electrons. The van der Waals surface area contributed by atoms with Gasteiger partial charge in [0.1, 0.15) is 0 Å². The van der Waals surface area contributed by atoms with Gasteiger partial charge in [-0.2, -0.15) is 0 Å². The van der Waals surface area contributed by atoms with Gasteiger partial charge >= 0.3 is 0 Å². The van der Waals surface area contributed by atoms with Gasteiger partial charge in [0.2, 0.25) is 0 Å². The largest absolute Gasteiger partial charge is 0.354 e. The second kappa shape index (κ2) is 8.39. The number of halogens is 1. The lowest BCUT2D eigenvalue weighted by atomic mass is 10.2. The Labute approximate surface area is 135 Å². The maximum absolute atomic E-state index is 12.1. The van der Waals surface area contributed by atoms with Crippen LogP contribution in [0.4, 0.5) is 11.4 Å². The summed E-state index contributed by atoms with van der Waals surface area (Å²) in [5.74, 6) is -0.0988. The van der Waals surface area contributed by atoms with Crippen molar-refractivity contribution in [3.63, 3.8) is 0 Å². The quantitative estimate of drug-likeness (QED) is 0.744. The zero-order chi connectivity index (χ0) is 15.8. The number of carbonyl (C=O) groups is 1. The monoisotopic (exact) mass is 317 g/mol. The van der Waals surface area contributed by atoms with E-state index < -0.39 is 0 Å². The van der Waals surface area contributed by atoms with E-state index in [0.29, 0.717) is 17.1 Å². The van der Waals surface area contributed by atoms with Crippen LogP contribution in [0.5, 0.6) is 0 Å². The van der Waals surface area contributed by atoms with Gasteiger partial charge in [-0.3, -0.25) is 9.78 Å². The fraction of sp³-hybridized carbons (Fsp3) is 0.294. The predicted octanol–water partition coefficient (Wildman–Crippen LogP) is 4.40. The van der Waals surface area contributed by atoms with Crippen molar-refractivity contribution in [1.82, 2.24) is 10.3 Å². The van der Waals surface area contributed by atoms with Crippen molar-refractivity contribution in [3.8, 4) is 0 Å². The fourth-order valence-corrected chi connectivity index (χ4v) is 2.23. The molecule has 116 valence electrons. The Hall–Kier alpha value is -2.07. The van der Waals surface area contributed by atoms with E-state index in [4.69, 9.17) is 11.6 Å². The number of aromatic nitrogens is 1. The molecule has 0 atom stereocenters. The average Bonchev–Trinajstić information content (AvgIpc) is 2.52. The van der Waals surface area contributed by atoms with E-state index in [-0.39, 0.29) is 5.91 Å². The molecular weight excluding hydrogens is 298 g/mol. The summed E-state index contributed by atoms with van der Waals surface area (Å²) in [7, 11) is 0. The van der Waals surface area contributed by atoms with Gasteiger partial charge in [-0.05, 0) is 30.7 Å². The van der Waals surface area contributed by atoms with Crippen molar-refractivity contribution in [2.24, 2.45) is 0 Å². The van der Waals surface area contributed by atoms with Crippen LogP contribution in [-0.4, -0.2) is 17.4 Å². The van der Waals surface area contributed by atoms with Gasteiger partial charge < -0.3 is 10.6 Å². The summed E-state index contributed by atoms with van der Waals surface area (Å²) in [4.78, 5) is 16.2. The topological polar surface area (TPSA) is 54.0 Å². The molecule has 0 aliphatic rings. The van der Waals surface area contributed by atoms with Gasteiger partial charge in [0.05, 0.1) is 17.4 Å². The molecular formula is C17H20ClN3O. The molecule has 2 rings (SSSR count). The number of anilines is 2. The molecule has 0 spiro atoms. The van der Waals surface area contributed by atoms with Crippen LogP contribution in [0.15, 0.2) is 42.7 Å². The van der Waals surface area contributed by atoms with Crippen LogP contribution in [0.1, 0.15) is 36.5 Å². The normalized spacial score (nSPS) is 10.3. The SMILES string of the molecule is CCCCCNC(=O)c1cncc(Nc2cccc(Cl)c2)c1. The van der Waals surface area contributed by atoms with Crippen LogP contribution < -0.4 is 10.6 Å². The summed E-state index contributed by atoms with van der Waals surface area (Å²) in [6.07, 6.45) is 6.49. The minimum absolute atomic E-state index is 0.0988. The Bertz CT molecular complexity index is 631. The van der Waals surface area contributed by atoms with E-state index >= 15 is 0 Å². The molecule has 1 aromatic carbocycles. The number of hydrogen-bond donors (Lipinski definition) is 2. The molecule has 1 amide bonds. The zero-order valence-electron chi connectivity index (χ0n) is 12.6.